The number of nitrogens with one attached hydrogen (secondary N) is 1. The second kappa shape index (κ2) is 5.02. The minimum absolute atomic E-state index is 0.119. The molecule has 3 rings (SSSR count). The molecule has 0 radical (unpaired) electrons. The van der Waals surface area contributed by atoms with Crippen molar-refractivity contribution in [2.75, 3.05) is 5.32 Å². The summed E-state index contributed by atoms with van der Waals surface area (Å²) >= 11 is 0. The first kappa shape index (κ1) is 14.4. The Balaban J connectivity index is 1.65. The molecule has 21 heavy (non-hydrogen) atoms. The maximum Gasteiger partial charge on any atom is 0.411 e. The zero-order valence-corrected chi connectivity index (χ0v) is 12.9. The van der Waals surface area contributed by atoms with E-state index in [1.165, 1.54) is 0 Å². The first-order valence-electron chi connectivity index (χ1n) is 7.66. The van der Waals surface area contributed by atoms with Crippen LogP contribution in [0.3, 0.4) is 0 Å². The minimum Gasteiger partial charge on any atom is -0.443 e. The highest BCUT2D eigenvalue weighted by molar-refractivity contribution is 5.84. The van der Waals surface area contributed by atoms with Gasteiger partial charge in [-0.15, -0.1) is 0 Å². The van der Waals surface area contributed by atoms with Gasteiger partial charge in [-0.3, -0.25) is 5.32 Å². The predicted octanol–water partition coefficient (Wildman–Crippen LogP) is 3.97. The predicted molar refractivity (Wildman–Crippen MR) is 81.2 cm³/mol. The van der Waals surface area contributed by atoms with E-state index in [0.29, 0.717) is 5.92 Å². The average molecular weight is 289 g/mol. The van der Waals surface area contributed by atoms with E-state index in [9.17, 15) is 4.79 Å². The van der Waals surface area contributed by atoms with Crippen molar-refractivity contribution in [3.63, 3.8) is 0 Å². The number of hydrogen-bond acceptors (Lipinski definition) is 3. The molecule has 0 saturated carbocycles. The molecule has 1 amide bonds. The molecule has 1 aromatic carbocycles. The van der Waals surface area contributed by atoms with Crippen molar-refractivity contribution in [1.82, 2.24) is 0 Å². The molecule has 4 nitrogen and oxygen atoms in total. The van der Waals surface area contributed by atoms with Gasteiger partial charge >= 0.3 is 6.09 Å². The lowest BCUT2D eigenvalue weighted by Crippen LogP contribution is -2.40. The number of carbonyl (C=O) groups is 1. The molecule has 2 aliphatic heterocycles. The number of hydrogen-bond donors (Lipinski definition) is 1. The van der Waals surface area contributed by atoms with Gasteiger partial charge in [0.1, 0.15) is 11.7 Å². The van der Waals surface area contributed by atoms with E-state index in [4.69, 9.17) is 9.47 Å². The molecule has 114 valence electrons. The summed E-state index contributed by atoms with van der Waals surface area (Å²) in [5.41, 5.74) is 0.292. The third-order valence-corrected chi connectivity index (χ3v) is 5.01. The van der Waals surface area contributed by atoms with E-state index in [0.717, 1.165) is 24.9 Å². The molecule has 0 aliphatic carbocycles. The SMILES string of the molecule is CC(C)[C@@]12CC[C@@](C)(O1)[C@@H](OC(=O)Nc1ccccc1)C2. The normalized spacial score (nSPS) is 34.2. The number of benzene rings is 1. The van der Waals surface area contributed by atoms with E-state index < -0.39 is 6.09 Å². The largest absolute Gasteiger partial charge is 0.443 e. The van der Waals surface area contributed by atoms with E-state index >= 15 is 0 Å². The van der Waals surface area contributed by atoms with Gasteiger partial charge in [0, 0.05) is 12.1 Å². The van der Waals surface area contributed by atoms with Gasteiger partial charge in [0.25, 0.3) is 0 Å². The smallest absolute Gasteiger partial charge is 0.411 e. The van der Waals surface area contributed by atoms with Crippen LogP contribution in [0, 0.1) is 5.92 Å². The topological polar surface area (TPSA) is 47.6 Å². The van der Waals surface area contributed by atoms with Crippen LogP contribution < -0.4 is 5.32 Å². The molecule has 2 fully saturated rings. The van der Waals surface area contributed by atoms with E-state index in [1.807, 2.05) is 30.3 Å². The van der Waals surface area contributed by atoms with Crippen LogP contribution in [0.5, 0.6) is 0 Å². The summed E-state index contributed by atoms with van der Waals surface area (Å²) in [6.07, 6.45) is 2.24. The zero-order valence-electron chi connectivity index (χ0n) is 12.9. The quantitative estimate of drug-likeness (QED) is 0.915. The van der Waals surface area contributed by atoms with Crippen molar-refractivity contribution >= 4 is 11.8 Å². The van der Waals surface area contributed by atoms with Crippen LogP contribution in [0.15, 0.2) is 30.3 Å². The van der Waals surface area contributed by atoms with Gasteiger partial charge in [0.05, 0.1) is 5.60 Å². The molecule has 2 aliphatic rings. The van der Waals surface area contributed by atoms with Crippen LogP contribution in [0.25, 0.3) is 0 Å². The van der Waals surface area contributed by atoms with Gasteiger partial charge in [-0.25, -0.2) is 4.79 Å². The highest BCUT2D eigenvalue weighted by Gasteiger charge is 2.61. The molecule has 0 spiro atoms. The van der Waals surface area contributed by atoms with E-state index in [2.05, 4.69) is 26.1 Å². The van der Waals surface area contributed by atoms with Crippen LogP contribution >= 0.6 is 0 Å². The van der Waals surface area contributed by atoms with E-state index in [-0.39, 0.29) is 17.3 Å². The van der Waals surface area contributed by atoms with Crippen molar-refractivity contribution in [3.8, 4) is 0 Å². The van der Waals surface area contributed by atoms with Crippen molar-refractivity contribution in [2.45, 2.75) is 57.3 Å². The van der Waals surface area contributed by atoms with Crippen LogP contribution in [-0.2, 0) is 9.47 Å². The van der Waals surface area contributed by atoms with E-state index in [1.54, 1.807) is 0 Å². The molecular formula is C17H23NO3. The molecule has 2 heterocycles. The Bertz CT molecular complexity index is 530. The van der Waals surface area contributed by atoms with Crippen molar-refractivity contribution in [1.29, 1.82) is 0 Å². The molecule has 0 aromatic heterocycles. The van der Waals surface area contributed by atoms with Crippen LogP contribution in [0.2, 0.25) is 0 Å². The van der Waals surface area contributed by atoms with Gasteiger partial charge in [0.2, 0.25) is 0 Å². The zero-order chi connectivity index (χ0) is 15.1. The molecule has 2 bridgehead atoms. The highest BCUT2D eigenvalue weighted by Crippen LogP contribution is 2.54. The summed E-state index contributed by atoms with van der Waals surface area (Å²) in [5, 5.41) is 2.77. The second-order valence-electron chi connectivity index (χ2n) is 6.72. The molecule has 1 aromatic rings. The van der Waals surface area contributed by atoms with Gasteiger partial charge in [0.15, 0.2) is 0 Å². The highest BCUT2D eigenvalue weighted by atomic mass is 16.6. The lowest BCUT2D eigenvalue weighted by molar-refractivity contribution is -0.0807. The van der Waals surface area contributed by atoms with Gasteiger partial charge in [-0.05, 0) is 37.8 Å². The number of fused-ring (bicyclic) bond motifs is 2. The fraction of sp³-hybridized carbons (Fsp3) is 0.588. The Morgan fingerprint density at radius 2 is 2.05 bits per heavy atom. The molecule has 4 heteroatoms. The van der Waals surface area contributed by atoms with Gasteiger partial charge < -0.3 is 9.47 Å². The number of anilines is 1. The summed E-state index contributed by atoms with van der Waals surface area (Å²) in [6.45, 7) is 6.42. The Labute approximate surface area is 125 Å². The summed E-state index contributed by atoms with van der Waals surface area (Å²) in [7, 11) is 0. The molecule has 0 unspecified atom stereocenters. The van der Waals surface area contributed by atoms with Crippen molar-refractivity contribution < 1.29 is 14.3 Å². The van der Waals surface area contributed by atoms with Crippen molar-refractivity contribution in [3.05, 3.63) is 30.3 Å². The van der Waals surface area contributed by atoms with Gasteiger partial charge in [-0.1, -0.05) is 32.0 Å². The monoisotopic (exact) mass is 289 g/mol. The van der Waals surface area contributed by atoms with Crippen LogP contribution in [0.1, 0.15) is 40.0 Å². The fourth-order valence-corrected chi connectivity index (χ4v) is 3.53. The number of ether oxygens (including phenoxy) is 2. The number of para-hydroxylation sites is 1. The second-order valence-corrected chi connectivity index (χ2v) is 6.72. The average Bonchev–Trinajstić information content (AvgIpc) is 2.92. The first-order valence-corrected chi connectivity index (χ1v) is 7.66. The summed E-state index contributed by atoms with van der Waals surface area (Å²) in [6, 6.07) is 9.36. The third kappa shape index (κ3) is 2.53. The standard InChI is InChI=1S/C17H23NO3/c1-12(2)17-10-9-16(3,21-17)14(11-17)20-15(19)18-13-7-5-4-6-8-13/h4-8,12,14H,9-11H2,1-3H3,(H,18,19)/t14-,16+,17-/m0/s1. The fourth-order valence-electron chi connectivity index (χ4n) is 3.53. The minimum atomic E-state index is -0.400. The number of carbonyl (C=O) groups excluding carboxylic acids is 1. The first-order chi connectivity index (χ1) is 9.93. The number of rotatable bonds is 3. The third-order valence-electron chi connectivity index (χ3n) is 5.01. The Hall–Kier alpha value is -1.55. The Kier molecular flexibility index (Phi) is 3.44. The molecular weight excluding hydrogens is 266 g/mol. The van der Waals surface area contributed by atoms with Crippen LogP contribution in [-0.4, -0.2) is 23.4 Å². The van der Waals surface area contributed by atoms with Gasteiger partial charge in [-0.2, -0.15) is 0 Å². The summed E-state index contributed by atoms with van der Waals surface area (Å²) in [4.78, 5) is 12.1. The Morgan fingerprint density at radius 3 is 2.67 bits per heavy atom. The lowest BCUT2D eigenvalue weighted by Gasteiger charge is -2.31. The maximum absolute atomic E-state index is 12.1. The molecule has 1 N–H and O–H groups in total. The summed E-state index contributed by atoms with van der Waals surface area (Å²) < 4.78 is 11.9. The Morgan fingerprint density at radius 1 is 1.33 bits per heavy atom. The van der Waals surface area contributed by atoms with Crippen molar-refractivity contribution in [2.24, 2.45) is 5.92 Å². The number of amides is 1. The van der Waals surface area contributed by atoms with Crippen LogP contribution in [0.4, 0.5) is 10.5 Å². The molecule has 2 saturated heterocycles. The maximum atomic E-state index is 12.1. The molecule has 3 atom stereocenters. The summed E-state index contributed by atoms with van der Waals surface area (Å²) in [5.74, 6) is 0.435. The lowest BCUT2D eigenvalue weighted by atomic mass is 9.75.